The van der Waals surface area contributed by atoms with Crippen molar-refractivity contribution in [3.05, 3.63) is 47.7 Å². The van der Waals surface area contributed by atoms with Crippen molar-refractivity contribution >= 4 is 11.0 Å². The number of aromatic nitrogens is 3. The number of para-hydroxylation sites is 1. The number of rotatable bonds is 4. The smallest absolute Gasteiger partial charge is 0.138 e. The minimum Gasteiger partial charge on any atom is -0.461 e. The molecule has 0 spiro atoms. The Balaban J connectivity index is 1.76. The van der Waals surface area contributed by atoms with Crippen LogP contribution in [0.5, 0.6) is 0 Å². The quantitative estimate of drug-likeness (QED) is 0.735. The molecule has 0 aliphatic rings. The Kier molecular flexibility index (Phi) is 2.82. The highest BCUT2D eigenvalue weighted by molar-refractivity contribution is 5.82. The van der Waals surface area contributed by atoms with E-state index in [1.165, 1.54) is 17.3 Å². The summed E-state index contributed by atoms with van der Waals surface area (Å²) in [5.41, 5.74) is 2.14. The average Bonchev–Trinajstić information content (AvgIpc) is 2.98. The molecule has 0 bridgehead atoms. The first-order chi connectivity index (χ1) is 8.84. The van der Waals surface area contributed by atoms with Crippen LogP contribution >= 0.6 is 0 Å². The van der Waals surface area contributed by atoms with Crippen molar-refractivity contribution in [2.75, 3.05) is 0 Å². The molecule has 3 rings (SSSR count). The van der Waals surface area contributed by atoms with Gasteiger partial charge in [-0.2, -0.15) is 5.10 Å². The molecular formula is C13H14N4O. The Morgan fingerprint density at radius 2 is 2.17 bits per heavy atom. The molecule has 0 unspecified atom stereocenters. The Hall–Kier alpha value is -2.14. The molecule has 0 fully saturated rings. The van der Waals surface area contributed by atoms with Gasteiger partial charge >= 0.3 is 0 Å². The molecule has 2 aromatic heterocycles. The zero-order valence-electron chi connectivity index (χ0n) is 10.1. The fourth-order valence-corrected chi connectivity index (χ4v) is 2.06. The number of nitrogens with zero attached hydrogens (tertiary/aromatic N) is 2. The van der Waals surface area contributed by atoms with E-state index in [1.54, 1.807) is 0 Å². The first-order valence-corrected chi connectivity index (χ1v) is 5.86. The van der Waals surface area contributed by atoms with Crippen LogP contribution < -0.4 is 5.32 Å². The van der Waals surface area contributed by atoms with Crippen molar-refractivity contribution in [1.29, 1.82) is 0 Å². The predicted molar refractivity (Wildman–Crippen MR) is 67.9 cm³/mol. The highest BCUT2D eigenvalue weighted by Crippen LogP contribution is 2.24. The Morgan fingerprint density at radius 3 is 3.00 bits per heavy atom. The molecule has 0 atom stereocenters. The van der Waals surface area contributed by atoms with Crippen LogP contribution in [0.3, 0.4) is 0 Å². The van der Waals surface area contributed by atoms with Gasteiger partial charge in [0, 0.05) is 17.5 Å². The summed E-state index contributed by atoms with van der Waals surface area (Å²) < 4.78 is 5.71. The largest absolute Gasteiger partial charge is 0.461 e. The standard InChI is InChI=1S/C13H14N4O/c1-9-11(6-14-7-13-15-8-16-17-13)10-4-2-3-5-12(10)18-9/h2-5,8,14H,6-7H2,1H3,(H,15,16,17). The second-order valence-corrected chi connectivity index (χ2v) is 4.17. The highest BCUT2D eigenvalue weighted by Gasteiger charge is 2.09. The number of furan rings is 1. The van der Waals surface area contributed by atoms with Gasteiger partial charge in [0.2, 0.25) is 0 Å². The summed E-state index contributed by atoms with van der Waals surface area (Å²) in [7, 11) is 0. The summed E-state index contributed by atoms with van der Waals surface area (Å²) in [6, 6.07) is 8.08. The number of H-pyrrole nitrogens is 1. The maximum Gasteiger partial charge on any atom is 0.138 e. The van der Waals surface area contributed by atoms with Gasteiger partial charge in [0.05, 0.1) is 6.54 Å². The molecule has 0 aliphatic heterocycles. The summed E-state index contributed by atoms with van der Waals surface area (Å²) in [5, 5.41) is 11.1. The molecule has 5 heteroatoms. The van der Waals surface area contributed by atoms with Crippen molar-refractivity contribution in [1.82, 2.24) is 20.5 Å². The summed E-state index contributed by atoms with van der Waals surface area (Å²) in [6.07, 6.45) is 1.51. The van der Waals surface area contributed by atoms with E-state index < -0.39 is 0 Å². The molecule has 0 aliphatic carbocycles. The minimum absolute atomic E-state index is 0.666. The third kappa shape index (κ3) is 2.00. The van der Waals surface area contributed by atoms with Crippen LogP contribution in [0.1, 0.15) is 17.1 Å². The van der Waals surface area contributed by atoms with Crippen LogP contribution in [0.2, 0.25) is 0 Å². The topological polar surface area (TPSA) is 66.7 Å². The molecule has 92 valence electrons. The van der Waals surface area contributed by atoms with E-state index in [-0.39, 0.29) is 0 Å². The van der Waals surface area contributed by atoms with Crippen LogP contribution in [-0.4, -0.2) is 15.2 Å². The molecule has 0 saturated carbocycles. The number of aromatic amines is 1. The first kappa shape index (κ1) is 11.0. The van der Waals surface area contributed by atoms with Crippen LogP contribution in [0.25, 0.3) is 11.0 Å². The molecule has 2 heterocycles. The van der Waals surface area contributed by atoms with Gasteiger partial charge in [0.25, 0.3) is 0 Å². The molecule has 2 N–H and O–H groups in total. The van der Waals surface area contributed by atoms with Gasteiger partial charge in [0.1, 0.15) is 23.5 Å². The van der Waals surface area contributed by atoms with Crippen LogP contribution in [0.4, 0.5) is 0 Å². The lowest BCUT2D eigenvalue weighted by molar-refractivity contribution is 0.563. The van der Waals surface area contributed by atoms with Crippen molar-refractivity contribution in [2.45, 2.75) is 20.0 Å². The van der Waals surface area contributed by atoms with Gasteiger partial charge in [-0.1, -0.05) is 18.2 Å². The van der Waals surface area contributed by atoms with Gasteiger partial charge in [-0.3, -0.25) is 5.10 Å². The van der Waals surface area contributed by atoms with Crippen LogP contribution in [-0.2, 0) is 13.1 Å². The maximum atomic E-state index is 5.71. The molecule has 3 aromatic rings. The lowest BCUT2D eigenvalue weighted by atomic mass is 10.1. The number of benzene rings is 1. The fraction of sp³-hybridized carbons (Fsp3) is 0.231. The van der Waals surface area contributed by atoms with E-state index in [4.69, 9.17) is 4.42 Å². The van der Waals surface area contributed by atoms with Crippen molar-refractivity contribution in [3.63, 3.8) is 0 Å². The molecule has 0 saturated heterocycles. The average molecular weight is 242 g/mol. The number of aryl methyl sites for hydroxylation is 1. The third-order valence-corrected chi connectivity index (χ3v) is 2.96. The highest BCUT2D eigenvalue weighted by atomic mass is 16.3. The molecule has 5 nitrogen and oxygen atoms in total. The summed E-state index contributed by atoms with van der Waals surface area (Å²) in [4.78, 5) is 4.07. The van der Waals surface area contributed by atoms with Gasteiger partial charge in [0.15, 0.2) is 0 Å². The Morgan fingerprint density at radius 1 is 1.28 bits per heavy atom. The zero-order chi connectivity index (χ0) is 12.4. The molecular weight excluding hydrogens is 228 g/mol. The summed E-state index contributed by atoms with van der Waals surface area (Å²) in [6.45, 7) is 3.41. The van der Waals surface area contributed by atoms with Gasteiger partial charge < -0.3 is 9.73 Å². The van der Waals surface area contributed by atoms with Gasteiger partial charge in [-0.05, 0) is 13.0 Å². The zero-order valence-corrected chi connectivity index (χ0v) is 10.1. The van der Waals surface area contributed by atoms with E-state index in [1.807, 2.05) is 25.1 Å². The number of hydrogen-bond acceptors (Lipinski definition) is 4. The predicted octanol–water partition coefficient (Wildman–Crippen LogP) is 2.15. The lowest BCUT2D eigenvalue weighted by Crippen LogP contribution is -2.14. The minimum atomic E-state index is 0.666. The van der Waals surface area contributed by atoms with E-state index >= 15 is 0 Å². The molecule has 18 heavy (non-hydrogen) atoms. The maximum absolute atomic E-state index is 5.71. The third-order valence-electron chi connectivity index (χ3n) is 2.96. The summed E-state index contributed by atoms with van der Waals surface area (Å²) in [5.74, 6) is 1.79. The monoisotopic (exact) mass is 242 g/mol. The Labute approximate surface area is 104 Å². The number of fused-ring (bicyclic) bond motifs is 1. The van der Waals surface area contributed by atoms with E-state index in [9.17, 15) is 0 Å². The number of nitrogens with one attached hydrogen (secondary N) is 2. The van der Waals surface area contributed by atoms with Crippen molar-refractivity contribution in [3.8, 4) is 0 Å². The van der Waals surface area contributed by atoms with E-state index in [2.05, 4.69) is 26.6 Å². The first-order valence-electron chi connectivity index (χ1n) is 5.86. The van der Waals surface area contributed by atoms with Gasteiger partial charge in [-0.25, -0.2) is 4.98 Å². The van der Waals surface area contributed by atoms with Crippen molar-refractivity contribution < 1.29 is 4.42 Å². The van der Waals surface area contributed by atoms with Crippen molar-refractivity contribution in [2.24, 2.45) is 0 Å². The van der Waals surface area contributed by atoms with Gasteiger partial charge in [-0.15, -0.1) is 0 Å². The molecule has 0 amide bonds. The van der Waals surface area contributed by atoms with E-state index in [0.717, 1.165) is 23.7 Å². The second kappa shape index (κ2) is 4.62. The normalized spacial score (nSPS) is 11.2. The van der Waals surface area contributed by atoms with Crippen LogP contribution in [0, 0.1) is 6.92 Å². The Bertz CT molecular complexity index is 642. The fourth-order valence-electron chi connectivity index (χ4n) is 2.06. The number of hydrogen-bond donors (Lipinski definition) is 2. The molecule has 1 aromatic carbocycles. The van der Waals surface area contributed by atoms with Crippen LogP contribution in [0.15, 0.2) is 35.0 Å². The SMILES string of the molecule is Cc1oc2ccccc2c1CNCc1ncn[nH]1. The van der Waals surface area contributed by atoms with E-state index in [0.29, 0.717) is 6.54 Å². The molecule has 0 radical (unpaired) electrons. The summed E-state index contributed by atoms with van der Waals surface area (Å²) >= 11 is 0. The second-order valence-electron chi connectivity index (χ2n) is 4.17. The lowest BCUT2D eigenvalue weighted by Gasteiger charge is -2.01.